The standard InChI is InChI=1S/C27H24O3S/c1-3-21-15-17-24(18-16-21)31(28,29)30-27-20(2)14-19-25(22-10-6-4-7-11-22)26(27)23-12-8-5-9-13-23/h4-19H,3H2,1-2H3. The van der Waals surface area contributed by atoms with E-state index in [1.54, 1.807) is 12.1 Å². The molecule has 0 unspecified atom stereocenters. The van der Waals surface area contributed by atoms with Crippen LogP contribution in [0.5, 0.6) is 5.75 Å². The Morgan fingerprint density at radius 2 is 1.29 bits per heavy atom. The predicted octanol–water partition coefficient (Wildman–Crippen LogP) is 6.66. The van der Waals surface area contributed by atoms with Gasteiger partial charge in [0.05, 0.1) is 0 Å². The molecule has 3 nitrogen and oxygen atoms in total. The van der Waals surface area contributed by atoms with Crippen LogP contribution in [0.25, 0.3) is 22.3 Å². The Labute approximate surface area is 184 Å². The highest BCUT2D eigenvalue weighted by Gasteiger charge is 2.23. The normalized spacial score (nSPS) is 11.3. The molecule has 0 aliphatic carbocycles. The highest BCUT2D eigenvalue weighted by Crippen LogP contribution is 2.42. The summed E-state index contributed by atoms with van der Waals surface area (Å²) >= 11 is 0. The van der Waals surface area contributed by atoms with Crippen LogP contribution in [0.2, 0.25) is 0 Å². The summed E-state index contributed by atoms with van der Waals surface area (Å²) in [4.78, 5) is 0.147. The van der Waals surface area contributed by atoms with Gasteiger partial charge in [0, 0.05) is 5.56 Å². The average Bonchev–Trinajstić information content (AvgIpc) is 2.81. The minimum absolute atomic E-state index is 0.147. The first-order valence-electron chi connectivity index (χ1n) is 10.3. The van der Waals surface area contributed by atoms with Crippen LogP contribution < -0.4 is 4.18 Å². The van der Waals surface area contributed by atoms with Gasteiger partial charge in [-0.05, 0) is 53.3 Å². The number of benzene rings is 4. The van der Waals surface area contributed by atoms with Crippen LogP contribution in [0.1, 0.15) is 18.1 Å². The fourth-order valence-electron chi connectivity index (χ4n) is 3.59. The summed E-state index contributed by atoms with van der Waals surface area (Å²) in [5, 5.41) is 0. The number of rotatable bonds is 6. The van der Waals surface area contributed by atoms with Gasteiger partial charge in [0.25, 0.3) is 0 Å². The molecule has 0 aromatic heterocycles. The van der Waals surface area contributed by atoms with Crippen molar-refractivity contribution in [2.45, 2.75) is 25.2 Å². The second kappa shape index (κ2) is 8.78. The highest BCUT2D eigenvalue weighted by molar-refractivity contribution is 7.87. The van der Waals surface area contributed by atoms with Crippen molar-refractivity contribution in [1.82, 2.24) is 0 Å². The SMILES string of the molecule is CCc1ccc(S(=O)(=O)Oc2c(C)ccc(-c3ccccc3)c2-c2ccccc2)cc1. The molecule has 0 saturated carbocycles. The molecule has 0 heterocycles. The van der Waals surface area contributed by atoms with Crippen molar-refractivity contribution < 1.29 is 12.6 Å². The fourth-order valence-corrected chi connectivity index (χ4v) is 4.59. The third kappa shape index (κ3) is 4.39. The maximum absolute atomic E-state index is 13.2. The molecule has 0 spiro atoms. The molecule has 0 amide bonds. The summed E-state index contributed by atoms with van der Waals surface area (Å²) in [6.07, 6.45) is 0.845. The summed E-state index contributed by atoms with van der Waals surface area (Å²) < 4.78 is 32.1. The molecule has 0 aliphatic rings. The number of hydrogen-bond acceptors (Lipinski definition) is 3. The number of hydrogen-bond donors (Lipinski definition) is 0. The third-order valence-corrected chi connectivity index (χ3v) is 6.55. The van der Waals surface area contributed by atoms with E-state index in [1.807, 2.05) is 98.8 Å². The molecule has 4 heteroatoms. The van der Waals surface area contributed by atoms with Crippen LogP contribution in [0, 0.1) is 6.92 Å². The zero-order chi connectivity index (χ0) is 21.8. The van der Waals surface area contributed by atoms with Crippen molar-refractivity contribution in [3.63, 3.8) is 0 Å². The van der Waals surface area contributed by atoms with E-state index in [4.69, 9.17) is 4.18 Å². The Bertz CT molecular complexity index is 1280. The van der Waals surface area contributed by atoms with Gasteiger partial charge in [-0.2, -0.15) is 8.42 Å². The highest BCUT2D eigenvalue weighted by atomic mass is 32.2. The summed E-state index contributed by atoms with van der Waals surface area (Å²) in [6, 6.07) is 30.4. The van der Waals surface area contributed by atoms with Crippen molar-refractivity contribution in [2.24, 2.45) is 0 Å². The average molecular weight is 429 g/mol. The van der Waals surface area contributed by atoms with E-state index < -0.39 is 10.1 Å². The van der Waals surface area contributed by atoms with Crippen LogP contribution in [-0.2, 0) is 16.5 Å². The summed E-state index contributed by atoms with van der Waals surface area (Å²) in [5.41, 5.74) is 5.41. The van der Waals surface area contributed by atoms with Gasteiger partial charge in [-0.3, -0.25) is 0 Å². The zero-order valence-corrected chi connectivity index (χ0v) is 18.4. The van der Waals surface area contributed by atoms with Crippen molar-refractivity contribution >= 4 is 10.1 Å². The van der Waals surface area contributed by atoms with Crippen molar-refractivity contribution in [3.8, 4) is 28.0 Å². The van der Waals surface area contributed by atoms with Crippen molar-refractivity contribution in [1.29, 1.82) is 0 Å². The first-order chi connectivity index (χ1) is 15.0. The first-order valence-corrected chi connectivity index (χ1v) is 11.7. The monoisotopic (exact) mass is 428 g/mol. The molecule has 4 aromatic carbocycles. The van der Waals surface area contributed by atoms with Crippen molar-refractivity contribution in [3.05, 3.63) is 108 Å². The van der Waals surface area contributed by atoms with Crippen LogP contribution in [0.3, 0.4) is 0 Å². The predicted molar refractivity (Wildman–Crippen MR) is 126 cm³/mol. The largest absolute Gasteiger partial charge is 0.378 e. The van der Waals surface area contributed by atoms with Gasteiger partial charge in [-0.15, -0.1) is 0 Å². The third-order valence-electron chi connectivity index (χ3n) is 5.32. The van der Waals surface area contributed by atoms with Crippen LogP contribution >= 0.6 is 0 Å². The van der Waals surface area contributed by atoms with Crippen LogP contribution in [-0.4, -0.2) is 8.42 Å². The lowest BCUT2D eigenvalue weighted by Gasteiger charge is -2.18. The fraction of sp³-hybridized carbons (Fsp3) is 0.111. The molecule has 0 N–H and O–H groups in total. The molecule has 0 saturated heterocycles. The van der Waals surface area contributed by atoms with Gasteiger partial charge in [-0.1, -0.05) is 91.9 Å². The Morgan fingerprint density at radius 3 is 1.87 bits per heavy atom. The first kappa shape index (κ1) is 20.9. The molecule has 156 valence electrons. The number of aryl methyl sites for hydroxylation is 2. The van der Waals surface area contributed by atoms with Gasteiger partial charge < -0.3 is 4.18 Å². The Balaban J connectivity index is 1.89. The van der Waals surface area contributed by atoms with E-state index >= 15 is 0 Å². The lowest BCUT2D eigenvalue weighted by molar-refractivity contribution is 0.485. The van der Waals surface area contributed by atoms with E-state index in [0.717, 1.165) is 39.8 Å². The van der Waals surface area contributed by atoms with E-state index in [9.17, 15) is 8.42 Å². The molecule has 0 aliphatic heterocycles. The minimum atomic E-state index is -3.99. The summed E-state index contributed by atoms with van der Waals surface area (Å²) in [6.45, 7) is 3.90. The van der Waals surface area contributed by atoms with Gasteiger partial charge in [0.15, 0.2) is 5.75 Å². The smallest absolute Gasteiger partial charge is 0.339 e. The molecule has 0 fully saturated rings. The van der Waals surface area contributed by atoms with E-state index in [1.165, 1.54) is 0 Å². The maximum atomic E-state index is 13.2. The maximum Gasteiger partial charge on any atom is 0.339 e. The van der Waals surface area contributed by atoms with Gasteiger partial charge in [0.2, 0.25) is 0 Å². The molecule has 31 heavy (non-hydrogen) atoms. The molecular weight excluding hydrogens is 404 g/mol. The van der Waals surface area contributed by atoms with Gasteiger partial charge >= 0.3 is 10.1 Å². The summed E-state index contributed by atoms with van der Waals surface area (Å²) in [7, 11) is -3.99. The van der Waals surface area contributed by atoms with Crippen LogP contribution in [0.4, 0.5) is 0 Å². The lowest BCUT2D eigenvalue weighted by atomic mass is 9.92. The van der Waals surface area contributed by atoms with E-state index in [2.05, 4.69) is 0 Å². The topological polar surface area (TPSA) is 43.4 Å². The Hall–Kier alpha value is -3.37. The quantitative estimate of drug-likeness (QED) is 0.323. The van der Waals surface area contributed by atoms with Crippen LogP contribution in [0.15, 0.2) is 102 Å². The van der Waals surface area contributed by atoms with E-state index in [-0.39, 0.29) is 4.90 Å². The Kier molecular flexibility index (Phi) is 5.92. The summed E-state index contributed by atoms with van der Waals surface area (Å²) in [5.74, 6) is 0.354. The van der Waals surface area contributed by atoms with E-state index in [0.29, 0.717) is 5.75 Å². The zero-order valence-electron chi connectivity index (χ0n) is 17.6. The molecule has 4 rings (SSSR count). The van der Waals surface area contributed by atoms with Gasteiger partial charge in [0.1, 0.15) is 4.90 Å². The van der Waals surface area contributed by atoms with Gasteiger partial charge in [-0.25, -0.2) is 0 Å². The molecule has 0 bridgehead atoms. The molecule has 0 atom stereocenters. The second-order valence-electron chi connectivity index (χ2n) is 7.40. The molecular formula is C27H24O3S. The second-order valence-corrected chi connectivity index (χ2v) is 8.95. The lowest BCUT2D eigenvalue weighted by Crippen LogP contribution is -2.11. The minimum Gasteiger partial charge on any atom is -0.378 e. The molecule has 0 radical (unpaired) electrons. The Morgan fingerprint density at radius 1 is 0.710 bits per heavy atom. The van der Waals surface area contributed by atoms with Crippen molar-refractivity contribution in [2.75, 3.05) is 0 Å². The molecule has 4 aromatic rings.